The van der Waals surface area contributed by atoms with Crippen molar-refractivity contribution in [3.8, 4) is 0 Å². The van der Waals surface area contributed by atoms with Gasteiger partial charge in [0.05, 0.1) is 0 Å². The van der Waals surface area contributed by atoms with Crippen LogP contribution in [0, 0.1) is 0 Å². The smallest absolute Gasteiger partial charge is 0.0112 e. The van der Waals surface area contributed by atoms with Crippen LogP contribution >= 0.6 is 0 Å². The minimum Gasteiger partial charge on any atom is -0.0990 e. The highest BCUT2D eigenvalue weighted by molar-refractivity contribution is 5.58. The summed E-state index contributed by atoms with van der Waals surface area (Å²) in [5.74, 6) is 0. The lowest BCUT2D eigenvalue weighted by Gasteiger charge is -2.05. The van der Waals surface area contributed by atoms with Gasteiger partial charge in [-0.05, 0) is 41.8 Å². The van der Waals surface area contributed by atoms with Crippen molar-refractivity contribution in [1.29, 1.82) is 0 Å². The molecular weight excluding hydrogens is 240 g/mol. The zero-order chi connectivity index (χ0) is 16.0. The molecule has 0 heteroatoms. The van der Waals surface area contributed by atoms with Crippen LogP contribution in [0.2, 0.25) is 0 Å². The number of hydrogen-bond donors (Lipinski definition) is 0. The van der Waals surface area contributed by atoms with Crippen molar-refractivity contribution < 1.29 is 0 Å². The normalized spacial score (nSPS) is 11.6. The quantitative estimate of drug-likeness (QED) is 0.718. The van der Waals surface area contributed by atoms with Gasteiger partial charge in [0.25, 0.3) is 0 Å². The molecular formula is C20H32. The average Bonchev–Trinajstić information content (AvgIpc) is 2.53. The van der Waals surface area contributed by atoms with Gasteiger partial charge in [-0.3, -0.25) is 0 Å². The average molecular weight is 272 g/mol. The molecule has 1 aromatic rings. The lowest BCUT2D eigenvalue weighted by molar-refractivity contribution is 1.12. The zero-order valence-corrected chi connectivity index (χ0v) is 14.5. The Morgan fingerprint density at radius 2 is 1.65 bits per heavy atom. The molecule has 0 fully saturated rings. The van der Waals surface area contributed by atoms with Gasteiger partial charge in [-0.15, -0.1) is 0 Å². The largest absolute Gasteiger partial charge is 0.0990 e. The fourth-order valence-corrected chi connectivity index (χ4v) is 1.93. The maximum atomic E-state index is 3.79. The Balaban J connectivity index is 0. The Kier molecular flexibility index (Phi) is 14.4. The molecule has 20 heavy (non-hydrogen) atoms. The van der Waals surface area contributed by atoms with Crippen LogP contribution in [0.3, 0.4) is 0 Å². The number of hydrogen-bond acceptors (Lipinski definition) is 0. The lowest BCUT2D eigenvalue weighted by Crippen LogP contribution is -2.28. The first-order valence-electron chi connectivity index (χ1n) is 7.82. The molecule has 0 radical (unpaired) electrons. The zero-order valence-electron chi connectivity index (χ0n) is 14.5. The first-order chi connectivity index (χ1) is 9.78. The van der Waals surface area contributed by atoms with Crippen LogP contribution in [-0.4, -0.2) is 0 Å². The van der Waals surface area contributed by atoms with Crippen LogP contribution < -0.4 is 10.4 Å². The van der Waals surface area contributed by atoms with Crippen LogP contribution in [0.4, 0.5) is 0 Å². The summed E-state index contributed by atoms with van der Waals surface area (Å²) >= 11 is 0. The van der Waals surface area contributed by atoms with Crippen molar-refractivity contribution >= 4 is 18.2 Å². The van der Waals surface area contributed by atoms with Crippen LogP contribution in [-0.2, 0) is 6.42 Å². The van der Waals surface area contributed by atoms with E-state index in [1.165, 1.54) is 21.6 Å². The molecule has 0 aliphatic carbocycles. The number of rotatable bonds is 3. The maximum absolute atomic E-state index is 3.79. The molecule has 112 valence electrons. The van der Waals surface area contributed by atoms with E-state index in [1.54, 1.807) is 0 Å². The molecule has 1 aromatic carbocycles. The monoisotopic (exact) mass is 272 g/mol. The summed E-state index contributed by atoms with van der Waals surface area (Å²) in [4.78, 5) is 0. The van der Waals surface area contributed by atoms with E-state index >= 15 is 0 Å². The van der Waals surface area contributed by atoms with Crippen LogP contribution in [0.1, 0.15) is 59.6 Å². The third-order valence-electron chi connectivity index (χ3n) is 2.72. The fourth-order valence-electron chi connectivity index (χ4n) is 1.93. The van der Waals surface area contributed by atoms with E-state index in [4.69, 9.17) is 0 Å². The first-order valence-corrected chi connectivity index (χ1v) is 7.82. The van der Waals surface area contributed by atoms with Crippen LogP contribution in [0.25, 0.3) is 18.2 Å². The molecule has 0 N–H and O–H groups in total. The van der Waals surface area contributed by atoms with Crippen LogP contribution in [0.5, 0.6) is 0 Å². The Hall–Kier alpha value is -1.56. The van der Waals surface area contributed by atoms with E-state index in [0.717, 1.165) is 6.42 Å². The van der Waals surface area contributed by atoms with Crippen molar-refractivity contribution in [2.45, 2.75) is 54.9 Å². The number of benzene rings is 1. The van der Waals surface area contributed by atoms with Crippen molar-refractivity contribution in [2.75, 3.05) is 0 Å². The number of allylic oxidation sites excluding steroid dienone is 2. The molecule has 1 rings (SSSR count). The molecule has 0 bridgehead atoms. The molecule has 0 unspecified atom stereocenters. The molecule has 0 aromatic heterocycles. The van der Waals surface area contributed by atoms with Gasteiger partial charge < -0.3 is 0 Å². The van der Waals surface area contributed by atoms with Gasteiger partial charge in [0, 0.05) is 0 Å². The van der Waals surface area contributed by atoms with E-state index in [9.17, 15) is 0 Å². The Morgan fingerprint density at radius 1 is 1.05 bits per heavy atom. The summed E-state index contributed by atoms with van der Waals surface area (Å²) in [6.45, 7) is 18.1. The molecule has 0 nitrogen and oxygen atoms in total. The highest BCUT2D eigenvalue weighted by atomic mass is 14.0. The summed E-state index contributed by atoms with van der Waals surface area (Å²) in [6.07, 6.45) is 11.4. The van der Waals surface area contributed by atoms with E-state index < -0.39 is 0 Å². The Morgan fingerprint density at radius 3 is 2.05 bits per heavy atom. The molecule has 0 atom stereocenters. The topological polar surface area (TPSA) is 0 Å². The minimum atomic E-state index is 1.06. The van der Waals surface area contributed by atoms with Gasteiger partial charge in [0.1, 0.15) is 0 Å². The first kappa shape index (κ1) is 20.8. The Bertz CT molecular complexity index is 502. The van der Waals surface area contributed by atoms with Gasteiger partial charge in [-0.2, -0.15) is 0 Å². The summed E-state index contributed by atoms with van der Waals surface area (Å²) in [7, 11) is 0. The van der Waals surface area contributed by atoms with Crippen molar-refractivity contribution in [2.24, 2.45) is 0 Å². The van der Waals surface area contributed by atoms with E-state index in [2.05, 4.69) is 63.8 Å². The van der Waals surface area contributed by atoms with Gasteiger partial charge in [0.2, 0.25) is 0 Å². The predicted molar refractivity (Wildman–Crippen MR) is 97.3 cm³/mol. The maximum Gasteiger partial charge on any atom is -0.0112 e. The third kappa shape index (κ3) is 6.06. The molecule has 0 amide bonds. The molecule has 0 spiro atoms. The molecule has 0 saturated heterocycles. The number of aryl methyl sites for hydroxylation is 1. The highest BCUT2D eigenvalue weighted by Gasteiger charge is 1.99. The lowest BCUT2D eigenvalue weighted by atomic mass is 10.00. The standard InChI is InChI=1S/C16H20.2C2H6/c1-5-9-15-13(7-3)11-12-14(8-4)16(15)10-6-2;2*1-2/h5-7,9-12H,1,8H2,2-4H3;2*1-2H3/b10-6-,13-7-,15-9+;;. The van der Waals surface area contributed by atoms with E-state index in [1.807, 2.05) is 33.8 Å². The predicted octanol–water partition coefficient (Wildman–Crippen LogP) is 5.10. The Labute approximate surface area is 126 Å². The summed E-state index contributed by atoms with van der Waals surface area (Å²) in [5.41, 5.74) is 2.71. The summed E-state index contributed by atoms with van der Waals surface area (Å²) < 4.78 is 0. The second-order valence-electron chi connectivity index (χ2n) is 3.69. The van der Waals surface area contributed by atoms with Crippen molar-refractivity contribution in [3.05, 3.63) is 52.4 Å². The highest BCUT2D eigenvalue weighted by Crippen LogP contribution is 2.05. The van der Waals surface area contributed by atoms with Gasteiger partial charge in [-0.1, -0.05) is 83.7 Å². The van der Waals surface area contributed by atoms with Crippen molar-refractivity contribution in [3.63, 3.8) is 0 Å². The minimum absolute atomic E-state index is 1.06. The van der Waals surface area contributed by atoms with Crippen molar-refractivity contribution in [1.82, 2.24) is 0 Å². The summed E-state index contributed by atoms with van der Waals surface area (Å²) in [6, 6.07) is 4.40. The fraction of sp³-hybridized carbons (Fsp3) is 0.400. The molecule has 0 aliphatic heterocycles. The van der Waals surface area contributed by atoms with Gasteiger partial charge in [0.15, 0.2) is 0 Å². The second-order valence-corrected chi connectivity index (χ2v) is 3.69. The third-order valence-corrected chi connectivity index (χ3v) is 2.72. The van der Waals surface area contributed by atoms with Gasteiger partial charge >= 0.3 is 0 Å². The van der Waals surface area contributed by atoms with E-state index in [0.29, 0.717) is 0 Å². The molecule has 0 saturated carbocycles. The van der Waals surface area contributed by atoms with Crippen LogP contribution in [0.15, 0.2) is 30.9 Å². The summed E-state index contributed by atoms with van der Waals surface area (Å²) in [5, 5.41) is 2.54. The van der Waals surface area contributed by atoms with E-state index in [-0.39, 0.29) is 0 Å². The molecule has 0 aliphatic rings. The SMILES string of the molecule is C=C/C=c1/c(/C=C\C)c(CC)cc/c1=C/C.CC.CC. The molecule has 0 heterocycles. The van der Waals surface area contributed by atoms with Gasteiger partial charge in [-0.25, -0.2) is 0 Å². The second kappa shape index (κ2) is 13.9.